The van der Waals surface area contributed by atoms with E-state index in [2.05, 4.69) is 16.0 Å². The smallest absolute Gasteiger partial charge is 0.315 e. The van der Waals surface area contributed by atoms with Gasteiger partial charge in [-0.1, -0.05) is 0 Å². The summed E-state index contributed by atoms with van der Waals surface area (Å²) >= 11 is 0. The average Bonchev–Trinajstić information content (AvgIpc) is 2.49. The van der Waals surface area contributed by atoms with Crippen LogP contribution in [0.15, 0.2) is 0 Å². The normalized spacial score (nSPS) is 16.1. The van der Waals surface area contributed by atoms with Crippen molar-refractivity contribution in [3.63, 3.8) is 0 Å². The second kappa shape index (κ2) is 9.14. The molecule has 9 nitrogen and oxygen atoms in total. The Morgan fingerprint density at radius 3 is 2.52 bits per heavy atom. The molecule has 3 amide bonds. The van der Waals surface area contributed by atoms with E-state index >= 15 is 0 Å². The van der Waals surface area contributed by atoms with Crippen molar-refractivity contribution in [1.29, 1.82) is 0 Å². The maximum atomic E-state index is 11.8. The second-order valence-electron chi connectivity index (χ2n) is 4.65. The Morgan fingerprint density at radius 1 is 1.29 bits per heavy atom. The van der Waals surface area contributed by atoms with Gasteiger partial charge in [-0.05, 0) is 0 Å². The van der Waals surface area contributed by atoms with Crippen LogP contribution in [0.4, 0.5) is 4.79 Å². The van der Waals surface area contributed by atoms with Gasteiger partial charge < -0.3 is 30.7 Å². The molecular weight excluding hydrogens is 280 g/mol. The molecule has 1 atom stereocenters. The van der Waals surface area contributed by atoms with Gasteiger partial charge in [-0.3, -0.25) is 9.59 Å². The Bertz CT molecular complexity index is 371. The van der Waals surface area contributed by atoms with E-state index < -0.39 is 18.1 Å². The number of hydrogen-bond acceptors (Lipinski definition) is 5. The zero-order valence-corrected chi connectivity index (χ0v) is 12.1. The molecule has 1 rings (SSSR count). The van der Waals surface area contributed by atoms with Crippen LogP contribution in [-0.4, -0.2) is 80.4 Å². The molecule has 4 N–H and O–H groups in total. The van der Waals surface area contributed by atoms with Crippen molar-refractivity contribution in [3.8, 4) is 0 Å². The lowest BCUT2D eigenvalue weighted by Gasteiger charge is -2.27. The summed E-state index contributed by atoms with van der Waals surface area (Å²) in [7, 11) is 1.38. The number of rotatable bonds is 7. The zero-order valence-electron chi connectivity index (χ0n) is 12.1. The molecule has 0 radical (unpaired) electrons. The summed E-state index contributed by atoms with van der Waals surface area (Å²) < 4.78 is 4.93. The quantitative estimate of drug-likeness (QED) is 0.441. The lowest BCUT2D eigenvalue weighted by molar-refractivity contribution is -0.139. The number of carbonyl (C=O) groups is 3. The van der Waals surface area contributed by atoms with Crippen molar-refractivity contribution in [2.75, 3.05) is 46.4 Å². The summed E-state index contributed by atoms with van der Waals surface area (Å²) in [6.45, 7) is 2.75. The molecule has 1 aliphatic rings. The third kappa shape index (κ3) is 6.91. The van der Waals surface area contributed by atoms with Crippen LogP contribution in [-0.2, 0) is 14.3 Å². The molecule has 0 spiro atoms. The first-order chi connectivity index (χ1) is 10.0. The first-order valence-corrected chi connectivity index (χ1v) is 6.77. The summed E-state index contributed by atoms with van der Waals surface area (Å²) in [5, 5.41) is 16.7. The van der Waals surface area contributed by atoms with Crippen molar-refractivity contribution in [3.05, 3.63) is 0 Å². The number of hydrogen-bond donors (Lipinski definition) is 4. The Balaban J connectivity index is 2.20. The minimum atomic E-state index is -1.00. The minimum absolute atomic E-state index is 0.0659. The molecule has 1 aliphatic heterocycles. The highest BCUT2D eigenvalue weighted by molar-refractivity contribution is 5.84. The van der Waals surface area contributed by atoms with E-state index in [4.69, 9.17) is 9.84 Å². The molecule has 0 saturated carbocycles. The number of nitrogens with one attached hydrogen (secondary N) is 3. The summed E-state index contributed by atoms with van der Waals surface area (Å²) in [5.41, 5.74) is 0. The molecule has 1 fully saturated rings. The number of piperazine rings is 1. The van der Waals surface area contributed by atoms with Crippen molar-refractivity contribution in [1.82, 2.24) is 20.9 Å². The first kappa shape index (κ1) is 17.2. The van der Waals surface area contributed by atoms with E-state index in [1.165, 1.54) is 7.11 Å². The number of methoxy groups -OCH3 is 1. The average molecular weight is 302 g/mol. The molecular formula is C12H22N4O5. The number of carboxylic acid groups (broad SMARTS) is 1. The Hall–Kier alpha value is -1.87. The van der Waals surface area contributed by atoms with Gasteiger partial charge in [0.05, 0.1) is 19.1 Å². The number of carbonyl (C=O) groups excluding carboxylic acids is 2. The zero-order chi connectivity index (χ0) is 15.7. The van der Waals surface area contributed by atoms with Crippen LogP contribution in [0, 0.1) is 0 Å². The number of ether oxygens (including phenoxy) is 1. The molecule has 1 unspecified atom stereocenters. The lowest BCUT2D eigenvalue weighted by Crippen LogP contribution is -2.51. The van der Waals surface area contributed by atoms with Gasteiger partial charge in [-0.25, -0.2) is 4.79 Å². The topological polar surface area (TPSA) is 120 Å². The molecule has 0 bridgehead atoms. The summed E-state index contributed by atoms with van der Waals surface area (Å²) in [4.78, 5) is 35.5. The third-order valence-electron chi connectivity index (χ3n) is 3.10. The Labute approximate surface area is 123 Å². The fourth-order valence-electron chi connectivity index (χ4n) is 1.88. The summed E-state index contributed by atoms with van der Waals surface area (Å²) in [5.74, 6) is -1.14. The van der Waals surface area contributed by atoms with Gasteiger partial charge >= 0.3 is 12.0 Å². The van der Waals surface area contributed by atoms with Crippen LogP contribution in [0.3, 0.4) is 0 Å². The van der Waals surface area contributed by atoms with Crippen molar-refractivity contribution in [2.45, 2.75) is 12.5 Å². The molecule has 9 heteroatoms. The lowest BCUT2D eigenvalue weighted by atomic mass is 10.2. The van der Waals surface area contributed by atoms with E-state index in [1.807, 2.05) is 0 Å². The van der Waals surface area contributed by atoms with Gasteiger partial charge in [0.25, 0.3) is 0 Å². The van der Waals surface area contributed by atoms with Crippen LogP contribution >= 0.6 is 0 Å². The molecule has 1 saturated heterocycles. The van der Waals surface area contributed by atoms with Crippen LogP contribution in [0.2, 0.25) is 0 Å². The maximum absolute atomic E-state index is 11.8. The minimum Gasteiger partial charge on any atom is -0.481 e. The highest BCUT2D eigenvalue weighted by Gasteiger charge is 2.17. The van der Waals surface area contributed by atoms with E-state index in [0.29, 0.717) is 13.1 Å². The van der Waals surface area contributed by atoms with E-state index in [0.717, 1.165) is 13.1 Å². The predicted molar refractivity (Wildman–Crippen MR) is 73.9 cm³/mol. The van der Waals surface area contributed by atoms with Crippen LogP contribution < -0.4 is 16.0 Å². The van der Waals surface area contributed by atoms with Gasteiger partial charge in [0.15, 0.2) is 0 Å². The molecule has 120 valence electrons. The maximum Gasteiger partial charge on any atom is 0.315 e. The van der Waals surface area contributed by atoms with Crippen molar-refractivity contribution in [2.24, 2.45) is 0 Å². The van der Waals surface area contributed by atoms with Gasteiger partial charge in [-0.15, -0.1) is 0 Å². The fraction of sp³-hybridized carbons (Fsp3) is 0.750. The van der Waals surface area contributed by atoms with E-state index in [-0.39, 0.29) is 25.4 Å². The number of urea groups is 1. The van der Waals surface area contributed by atoms with Crippen LogP contribution in [0.5, 0.6) is 0 Å². The molecule has 21 heavy (non-hydrogen) atoms. The highest BCUT2D eigenvalue weighted by Crippen LogP contribution is 1.95. The van der Waals surface area contributed by atoms with E-state index in [9.17, 15) is 14.4 Å². The monoisotopic (exact) mass is 302 g/mol. The van der Waals surface area contributed by atoms with Crippen LogP contribution in [0.1, 0.15) is 6.42 Å². The molecule has 0 aromatic heterocycles. The van der Waals surface area contributed by atoms with Gasteiger partial charge in [0.1, 0.15) is 0 Å². The first-order valence-electron chi connectivity index (χ1n) is 6.77. The largest absolute Gasteiger partial charge is 0.481 e. The highest BCUT2D eigenvalue weighted by atomic mass is 16.5. The standard InChI is InChI=1S/C12H22N4O5/c1-21-9(6-11(18)19)7-14-12(20)15-8-10(17)16-4-2-13-3-5-16/h9,13H,2-8H2,1H3,(H,18,19)(H2,14,15,20). The van der Waals surface area contributed by atoms with Crippen LogP contribution in [0.25, 0.3) is 0 Å². The van der Waals surface area contributed by atoms with Gasteiger partial charge in [-0.2, -0.15) is 0 Å². The van der Waals surface area contributed by atoms with Gasteiger partial charge in [0.2, 0.25) is 5.91 Å². The Morgan fingerprint density at radius 2 is 1.95 bits per heavy atom. The number of amides is 3. The van der Waals surface area contributed by atoms with Gasteiger partial charge in [0, 0.05) is 39.8 Å². The van der Waals surface area contributed by atoms with Crippen molar-refractivity contribution < 1.29 is 24.2 Å². The molecule has 0 aliphatic carbocycles. The van der Waals surface area contributed by atoms with E-state index in [1.54, 1.807) is 4.90 Å². The number of aliphatic carboxylic acids is 1. The molecule has 0 aromatic rings. The van der Waals surface area contributed by atoms with Crippen molar-refractivity contribution >= 4 is 17.9 Å². The fourth-order valence-corrected chi connectivity index (χ4v) is 1.88. The Kier molecular flexibility index (Phi) is 7.48. The third-order valence-corrected chi connectivity index (χ3v) is 3.10. The predicted octanol–water partition coefficient (Wildman–Crippen LogP) is -1.79. The molecule has 0 aromatic carbocycles. The second-order valence-corrected chi connectivity index (χ2v) is 4.65. The summed E-state index contributed by atoms with van der Waals surface area (Å²) in [6.07, 6.45) is -0.798. The molecule has 1 heterocycles. The summed E-state index contributed by atoms with van der Waals surface area (Å²) in [6, 6.07) is -0.522. The SMILES string of the molecule is COC(CNC(=O)NCC(=O)N1CCNCC1)CC(=O)O. The number of carboxylic acids is 1. The number of nitrogens with zero attached hydrogens (tertiary/aromatic N) is 1.